The van der Waals surface area contributed by atoms with Crippen molar-refractivity contribution in [2.75, 3.05) is 12.3 Å². The van der Waals surface area contributed by atoms with Gasteiger partial charge in [-0.15, -0.1) is 0 Å². The zero-order valence-electron chi connectivity index (χ0n) is 12.6. The van der Waals surface area contributed by atoms with Crippen LogP contribution < -0.4 is 11.1 Å². The Hall–Kier alpha value is -2.54. The molecule has 1 heterocycles. The van der Waals surface area contributed by atoms with Crippen LogP contribution in [-0.2, 0) is 9.53 Å². The third-order valence-corrected chi connectivity index (χ3v) is 3.39. The predicted octanol–water partition coefficient (Wildman–Crippen LogP) is 2.25. The van der Waals surface area contributed by atoms with E-state index in [9.17, 15) is 9.59 Å². The highest BCUT2D eigenvalue weighted by Gasteiger charge is 2.21. The largest absolute Gasteiger partial charge is 0.452 e. The standard InChI is InChI=1S/C15H16ClN3O4/c1-8(10-4-3-5-11(16)6-10)18-12(20)7-22-15(21)13-9(2)19-23-14(13)17/h3-6,8H,7,17H2,1-2H3,(H,18,20)/t8-/m1/s1. The second kappa shape index (κ2) is 7.15. The quantitative estimate of drug-likeness (QED) is 0.810. The van der Waals surface area contributed by atoms with Crippen LogP contribution in [0.15, 0.2) is 28.8 Å². The molecular weight excluding hydrogens is 322 g/mol. The highest BCUT2D eigenvalue weighted by molar-refractivity contribution is 6.30. The first-order valence-corrected chi connectivity index (χ1v) is 7.20. The Labute approximate surface area is 137 Å². The SMILES string of the molecule is Cc1noc(N)c1C(=O)OCC(=O)N[C@H](C)c1cccc(Cl)c1. The lowest BCUT2D eigenvalue weighted by molar-refractivity contribution is -0.124. The average Bonchev–Trinajstić information content (AvgIpc) is 2.84. The number of carbonyl (C=O) groups is 2. The molecule has 7 nitrogen and oxygen atoms in total. The van der Waals surface area contributed by atoms with Crippen molar-refractivity contribution in [2.45, 2.75) is 19.9 Å². The first kappa shape index (κ1) is 16.8. The summed E-state index contributed by atoms with van der Waals surface area (Å²) in [5.74, 6) is -1.34. The number of benzene rings is 1. The van der Waals surface area contributed by atoms with Crippen molar-refractivity contribution in [3.05, 3.63) is 46.1 Å². The average molecular weight is 338 g/mol. The smallest absolute Gasteiger partial charge is 0.346 e. The van der Waals surface area contributed by atoms with Gasteiger partial charge >= 0.3 is 5.97 Å². The van der Waals surface area contributed by atoms with Gasteiger partial charge in [-0.05, 0) is 31.5 Å². The Kier molecular flexibility index (Phi) is 5.23. The lowest BCUT2D eigenvalue weighted by atomic mass is 10.1. The molecule has 0 saturated heterocycles. The Morgan fingerprint density at radius 2 is 2.22 bits per heavy atom. The summed E-state index contributed by atoms with van der Waals surface area (Å²) in [7, 11) is 0. The lowest BCUT2D eigenvalue weighted by Crippen LogP contribution is -2.31. The molecule has 2 aromatic rings. The number of amides is 1. The maximum absolute atomic E-state index is 11.9. The van der Waals surface area contributed by atoms with Gasteiger partial charge in [-0.3, -0.25) is 4.79 Å². The van der Waals surface area contributed by atoms with E-state index in [1.165, 1.54) is 0 Å². The van der Waals surface area contributed by atoms with Crippen LogP contribution in [0.2, 0.25) is 5.02 Å². The molecule has 0 bridgehead atoms. The Balaban J connectivity index is 1.89. The number of carbonyl (C=O) groups excluding carboxylic acids is 2. The zero-order valence-corrected chi connectivity index (χ0v) is 13.4. The second-order valence-corrected chi connectivity index (χ2v) is 5.36. The van der Waals surface area contributed by atoms with Crippen LogP contribution in [-0.4, -0.2) is 23.6 Å². The Morgan fingerprint density at radius 1 is 1.48 bits per heavy atom. The van der Waals surface area contributed by atoms with Crippen molar-refractivity contribution in [3.8, 4) is 0 Å². The minimum absolute atomic E-state index is 0.0284. The third kappa shape index (κ3) is 4.23. The van der Waals surface area contributed by atoms with E-state index in [1.54, 1.807) is 32.0 Å². The molecule has 2 rings (SSSR count). The second-order valence-electron chi connectivity index (χ2n) is 4.93. The summed E-state index contributed by atoms with van der Waals surface area (Å²) < 4.78 is 9.58. The van der Waals surface area contributed by atoms with Gasteiger partial charge in [-0.2, -0.15) is 0 Å². The molecule has 1 aromatic heterocycles. The van der Waals surface area contributed by atoms with E-state index in [2.05, 4.69) is 15.0 Å². The van der Waals surface area contributed by atoms with Crippen LogP contribution in [0.1, 0.15) is 34.6 Å². The number of hydrogen-bond donors (Lipinski definition) is 2. The van der Waals surface area contributed by atoms with Crippen molar-refractivity contribution in [3.63, 3.8) is 0 Å². The first-order chi connectivity index (χ1) is 10.9. The number of nitrogen functional groups attached to an aromatic ring is 1. The van der Waals surface area contributed by atoms with Gasteiger partial charge in [0, 0.05) is 5.02 Å². The first-order valence-electron chi connectivity index (χ1n) is 6.82. The molecule has 3 N–H and O–H groups in total. The third-order valence-electron chi connectivity index (χ3n) is 3.15. The van der Waals surface area contributed by atoms with E-state index in [-0.39, 0.29) is 17.5 Å². The van der Waals surface area contributed by atoms with Gasteiger partial charge in [0.1, 0.15) is 5.56 Å². The maximum atomic E-state index is 11.9. The Morgan fingerprint density at radius 3 is 2.83 bits per heavy atom. The normalized spacial score (nSPS) is 11.8. The summed E-state index contributed by atoms with van der Waals surface area (Å²) in [6.45, 7) is 2.92. The van der Waals surface area contributed by atoms with Crippen LogP contribution in [0.3, 0.4) is 0 Å². The van der Waals surface area contributed by atoms with Crippen molar-refractivity contribution < 1.29 is 18.8 Å². The lowest BCUT2D eigenvalue weighted by Gasteiger charge is -2.14. The van der Waals surface area contributed by atoms with Crippen molar-refractivity contribution in [1.82, 2.24) is 10.5 Å². The molecule has 1 aromatic carbocycles. The number of hydrogen-bond acceptors (Lipinski definition) is 6. The predicted molar refractivity (Wildman–Crippen MR) is 83.9 cm³/mol. The maximum Gasteiger partial charge on any atom is 0.346 e. The number of halogens is 1. The van der Waals surface area contributed by atoms with Gasteiger partial charge in [-0.1, -0.05) is 28.9 Å². The van der Waals surface area contributed by atoms with Gasteiger partial charge in [0.15, 0.2) is 6.61 Å². The molecule has 8 heteroatoms. The van der Waals surface area contributed by atoms with E-state index >= 15 is 0 Å². The number of aryl methyl sites for hydroxylation is 1. The molecule has 23 heavy (non-hydrogen) atoms. The molecule has 0 saturated carbocycles. The van der Waals surface area contributed by atoms with Crippen LogP contribution in [0.4, 0.5) is 5.88 Å². The summed E-state index contributed by atoms with van der Waals surface area (Å²) in [6, 6.07) is 6.84. The molecule has 1 atom stereocenters. The van der Waals surface area contributed by atoms with E-state index in [0.717, 1.165) is 5.56 Å². The van der Waals surface area contributed by atoms with Crippen LogP contribution in [0.5, 0.6) is 0 Å². The number of aromatic nitrogens is 1. The molecule has 0 unspecified atom stereocenters. The van der Waals surface area contributed by atoms with E-state index in [4.69, 9.17) is 22.1 Å². The van der Waals surface area contributed by atoms with Crippen LogP contribution in [0, 0.1) is 6.92 Å². The molecule has 122 valence electrons. The van der Waals surface area contributed by atoms with Gasteiger partial charge in [0.25, 0.3) is 5.91 Å². The topological polar surface area (TPSA) is 107 Å². The van der Waals surface area contributed by atoms with Crippen LogP contribution in [0.25, 0.3) is 0 Å². The molecule has 0 aliphatic carbocycles. The number of esters is 1. The zero-order chi connectivity index (χ0) is 17.0. The fourth-order valence-electron chi connectivity index (χ4n) is 1.98. The molecular formula is C15H16ClN3O4. The van der Waals surface area contributed by atoms with Gasteiger partial charge in [-0.25, -0.2) is 4.79 Å². The van der Waals surface area contributed by atoms with E-state index in [1.807, 2.05) is 6.07 Å². The summed E-state index contributed by atoms with van der Waals surface area (Å²) >= 11 is 5.91. The molecule has 0 aliphatic heterocycles. The van der Waals surface area contributed by atoms with Crippen molar-refractivity contribution >= 4 is 29.4 Å². The summed E-state index contributed by atoms with van der Waals surface area (Å²) in [4.78, 5) is 23.7. The van der Waals surface area contributed by atoms with E-state index in [0.29, 0.717) is 10.7 Å². The molecule has 1 amide bonds. The molecule has 0 spiro atoms. The fourth-order valence-corrected chi connectivity index (χ4v) is 2.18. The van der Waals surface area contributed by atoms with Crippen molar-refractivity contribution in [2.24, 2.45) is 0 Å². The number of nitrogens with one attached hydrogen (secondary N) is 1. The minimum atomic E-state index is -0.758. The molecule has 0 aliphatic rings. The number of anilines is 1. The number of nitrogens with two attached hydrogens (primary N) is 1. The summed E-state index contributed by atoms with van der Waals surface area (Å²) in [6.07, 6.45) is 0. The minimum Gasteiger partial charge on any atom is -0.452 e. The van der Waals surface area contributed by atoms with Gasteiger partial charge < -0.3 is 20.3 Å². The summed E-state index contributed by atoms with van der Waals surface area (Å²) in [5, 5.41) is 6.83. The number of rotatable bonds is 5. The molecule has 0 fully saturated rings. The van der Waals surface area contributed by atoms with Crippen LogP contribution >= 0.6 is 11.6 Å². The highest BCUT2D eigenvalue weighted by atomic mass is 35.5. The van der Waals surface area contributed by atoms with E-state index < -0.39 is 18.5 Å². The Bertz CT molecular complexity index is 710. The fraction of sp³-hybridized carbons (Fsp3) is 0.267. The number of ether oxygens (including phenoxy) is 1. The monoisotopic (exact) mass is 337 g/mol. The van der Waals surface area contributed by atoms with Gasteiger partial charge in [0.2, 0.25) is 5.88 Å². The van der Waals surface area contributed by atoms with Crippen molar-refractivity contribution in [1.29, 1.82) is 0 Å². The summed E-state index contributed by atoms with van der Waals surface area (Å²) in [5.41, 5.74) is 6.65. The van der Waals surface area contributed by atoms with Gasteiger partial charge in [0.05, 0.1) is 11.7 Å². The highest BCUT2D eigenvalue weighted by Crippen LogP contribution is 2.18. The number of nitrogens with zero attached hydrogens (tertiary/aromatic N) is 1. The molecule has 0 radical (unpaired) electrons.